The molecular formula is C18H28N2O3. The maximum atomic E-state index is 12.4. The summed E-state index contributed by atoms with van der Waals surface area (Å²) in [5, 5.41) is 3.02. The highest BCUT2D eigenvalue weighted by atomic mass is 16.5. The number of hydrogen-bond donors (Lipinski definition) is 2. The van der Waals surface area contributed by atoms with Gasteiger partial charge in [-0.3, -0.25) is 4.79 Å². The molecule has 1 aliphatic rings. The molecule has 1 saturated carbocycles. The molecule has 0 aliphatic heterocycles. The zero-order valence-corrected chi connectivity index (χ0v) is 14.1. The van der Waals surface area contributed by atoms with E-state index >= 15 is 0 Å². The lowest BCUT2D eigenvalue weighted by molar-refractivity contribution is 0.0942. The van der Waals surface area contributed by atoms with E-state index in [0.29, 0.717) is 42.7 Å². The summed E-state index contributed by atoms with van der Waals surface area (Å²) in [5.41, 5.74) is 6.59. The number of ether oxygens (including phenoxy) is 2. The van der Waals surface area contributed by atoms with Crippen molar-refractivity contribution in [3.63, 3.8) is 0 Å². The maximum Gasteiger partial charge on any atom is 0.251 e. The number of carbonyl (C=O) groups excluding carboxylic acids is 1. The molecule has 1 aromatic carbocycles. The molecule has 0 saturated heterocycles. The van der Waals surface area contributed by atoms with Gasteiger partial charge >= 0.3 is 0 Å². The van der Waals surface area contributed by atoms with E-state index in [1.54, 1.807) is 18.2 Å². The van der Waals surface area contributed by atoms with Crippen LogP contribution in [0.3, 0.4) is 0 Å². The molecule has 3 N–H and O–H groups in total. The number of rotatable bonds is 7. The summed E-state index contributed by atoms with van der Waals surface area (Å²) in [5.74, 6) is 1.69. The minimum Gasteiger partial charge on any atom is -0.490 e. The minimum absolute atomic E-state index is 0.0758. The number of benzene rings is 1. The molecular weight excluding hydrogens is 292 g/mol. The Hall–Kier alpha value is -1.75. The molecule has 0 radical (unpaired) electrons. The molecule has 0 aromatic heterocycles. The Bertz CT molecular complexity index is 519. The molecule has 0 heterocycles. The van der Waals surface area contributed by atoms with E-state index < -0.39 is 0 Å². The first kappa shape index (κ1) is 17.6. The second kappa shape index (κ2) is 8.77. The van der Waals surface area contributed by atoms with Crippen molar-refractivity contribution in [2.45, 2.75) is 45.6 Å². The molecule has 0 bridgehead atoms. The highest BCUT2D eigenvalue weighted by molar-refractivity contribution is 5.94. The third kappa shape index (κ3) is 5.13. The van der Waals surface area contributed by atoms with Crippen molar-refractivity contribution in [2.24, 2.45) is 11.7 Å². The fraction of sp³-hybridized carbons (Fsp3) is 0.611. The monoisotopic (exact) mass is 320 g/mol. The van der Waals surface area contributed by atoms with Crippen LogP contribution in [0.15, 0.2) is 18.2 Å². The van der Waals surface area contributed by atoms with Gasteiger partial charge in [0.15, 0.2) is 11.5 Å². The van der Waals surface area contributed by atoms with Crippen LogP contribution in [0.5, 0.6) is 11.5 Å². The van der Waals surface area contributed by atoms with Crippen molar-refractivity contribution in [1.29, 1.82) is 0 Å². The Morgan fingerprint density at radius 3 is 2.65 bits per heavy atom. The smallest absolute Gasteiger partial charge is 0.251 e. The first-order chi connectivity index (χ1) is 11.1. The molecule has 1 amide bonds. The largest absolute Gasteiger partial charge is 0.490 e. The van der Waals surface area contributed by atoms with Gasteiger partial charge in [-0.1, -0.05) is 6.42 Å². The van der Waals surface area contributed by atoms with Crippen LogP contribution in [0.4, 0.5) is 0 Å². The number of hydrogen-bond acceptors (Lipinski definition) is 4. The number of carbonyl (C=O) groups is 1. The van der Waals surface area contributed by atoms with Crippen LogP contribution in [0.1, 0.15) is 49.9 Å². The van der Waals surface area contributed by atoms with E-state index in [1.807, 2.05) is 13.8 Å². The molecule has 1 fully saturated rings. The highest BCUT2D eigenvalue weighted by Crippen LogP contribution is 2.28. The van der Waals surface area contributed by atoms with E-state index in [-0.39, 0.29) is 11.9 Å². The maximum absolute atomic E-state index is 12.4. The summed E-state index contributed by atoms with van der Waals surface area (Å²) >= 11 is 0. The van der Waals surface area contributed by atoms with E-state index in [4.69, 9.17) is 15.2 Å². The van der Waals surface area contributed by atoms with Crippen molar-refractivity contribution < 1.29 is 14.3 Å². The molecule has 128 valence electrons. The highest BCUT2D eigenvalue weighted by Gasteiger charge is 2.20. The summed E-state index contributed by atoms with van der Waals surface area (Å²) in [6, 6.07) is 5.59. The van der Waals surface area contributed by atoms with Crippen LogP contribution in [-0.2, 0) is 0 Å². The predicted molar refractivity (Wildman–Crippen MR) is 91.0 cm³/mol. The minimum atomic E-state index is -0.0758. The summed E-state index contributed by atoms with van der Waals surface area (Å²) in [7, 11) is 0. The first-order valence-corrected chi connectivity index (χ1v) is 8.57. The van der Waals surface area contributed by atoms with Crippen LogP contribution in [0, 0.1) is 5.92 Å². The van der Waals surface area contributed by atoms with Gasteiger partial charge in [0.05, 0.1) is 13.2 Å². The Balaban J connectivity index is 1.96. The van der Waals surface area contributed by atoms with E-state index in [1.165, 1.54) is 0 Å². The molecule has 0 spiro atoms. The third-order valence-corrected chi connectivity index (χ3v) is 4.18. The standard InChI is InChI=1S/C18H28N2O3/c1-3-22-16-9-8-14(11-17(16)23-4-2)18(21)20-12-13-6-5-7-15(19)10-13/h8-9,11,13,15H,3-7,10,12,19H2,1-2H3,(H,20,21). The Labute approximate surface area is 138 Å². The lowest BCUT2D eigenvalue weighted by Gasteiger charge is -2.26. The van der Waals surface area contributed by atoms with Crippen LogP contribution >= 0.6 is 0 Å². The molecule has 1 aliphatic carbocycles. The van der Waals surface area contributed by atoms with Gasteiger partial charge in [0.1, 0.15) is 0 Å². The van der Waals surface area contributed by atoms with Gasteiger partial charge in [-0.25, -0.2) is 0 Å². The van der Waals surface area contributed by atoms with Gasteiger partial charge in [-0.2, -0.15) is 0 Å². The lowest BCUT2D eigenvalue weighted by atomic mass is 9.86. The third-order valence-electron chi connectivity index (χ3n) is 4.18. The van der Waals surface area contributed by atoms with Crippen molar-refractivity contribution in [3.05, 3.63) is 23.8 Å². The first-order valence-electron chi connectivity index (χ1n) is 8.57. The zero-order chi connectivity index (χ0) is 16.7. The summed E-state index contributed by atoms with van der Waals surface area (Å²) < 4.78 is 11.1. The normalized spacial score (nSPS) is 20.8. The summed E-state index contributed by atoms with van der Waals surface area (Å²) in [6.07, 6.45) is 4.38. The average molecular weight is 320 g/mol. The van der Waals surface area contributed by atoms with E-state index in [0.717, 1.165) is 25.7 Å². The molecule has 2 atom stereocenters. The van der Waals surface area contributed by atoms with Gasteiger partial charge < -0.3 is 20.5 Å². The topological polar surface area (TPSA) is 73.6 Å². The van der Waals surface area contributed by atoms with Gasteiger partial charge in [0.2, 0.25) is 0 Å². The van der Waals surface area contributed by atoms with E-state index in [2.05, 4.69) is 5.32 Å². The average Bonchev–Trinajstić information content (AvgIpc) is 2.55. The fourth-order valence-corrected chi connectivity index (χ4v) is 3.05. The Morgan fingerprint density at radius 2 is 1.96 bits per heavy atom. The van der Waals surface area contributed by atoms with Crippen LogP contribution in [0.25, 0.3) is 0 Å². The van der Waals surface area contributed by atoms with Crippen LogP contribution in [0.2, 0.25) is 0 Å². The molecule has 2 unspecified atom stereocenters. The van der Waals surface area contributed by atoms with Crippen molar-refractivity contribution in [1.82, 2.24) is 5.32 Å². The Kier molecular flexibility index (Phi) is 6.71. The Morgan fingerprint density at radius 1 is 1.22 bits per heavy atom. The van der Waals surface area contributed by atoms with Crippen molar-refractivity contribution in [2.75, 3.05) is 19.8 Å². The van der Waals surface area contributed by atoms with Gasteiger partial charge in [0.25, 0.3) is 5.91 Å². The van der Waals surface area contributed by atoms with Gasteiger partial charge in [-0.15, -0.1) is 0 Å². The van der Waals surface area contributed by atoms with Crippen molar-refractivity contribution in [3.8, 4) is 11.5 Å². The number of nitrogens with two attached hydrogens (primary N) is 1. The fourth-order valence-electron chi connectivity index (χ4n) is 3.05. The van der Waals surface area contributed by atoms with E-state index in [9.17, 15) is 4.79 Å². The number of nitrogens with one attached hydrogen (secondary N) is 1. The predicted octanol–water partition coefficient (Wildman–Crippen LogP) is 2.73. The molecule has 1 aromatic rings. The molecule has 2 rings (SSSR count). The van der Waals surface area contributed by atoms with Gasteiger partial charge in [0, 0.05) is 18.2 Å². The molecule has 23 heavy (non-hydrogen) atoms. The zero-order valence-electron chi connectivity index (χ0n) is 14.1. The second-order valence-electron chi connectivity index (χ2n) is 6.03. The SMILES string of the molecule is CCOc1ccc(C(=O)NCC2CCCC(N)C2)cc1OCC. The number of amides is 1. The lowest BCUT2D eigenvalue weighted by Crippen LogP contribution is -2.35. The molecule has 5 heteroatoms. The summed E-state index contributed by atoms with van der Waals surface area (Å²) in [4.78, 5) is 12.4. The summed E-state index contributed by atoms with van der Waals surface area (Å²) in [6.45, 7) is 5.61. The van der Waals surface area contributed by atoms with Gasteiger partial charge in [-0.05, 0) is 57.2 Å². The quantitative estimate of drug-likeness (QED) is 0.810. The van der Waals surface area contributed by atoms with Crippen LogP contribution in [-0.4, -0.2) is 31.7 Å². The van der Waals surface area contributed by atoms with Crippen molar-refractivity contribution >= 4 is 5.91 Å². The second-order valence-corrected chi connectivity index (χ2v) is 6.03. The molecule has 5 nitrogen and oxygen atoms in total. The van der Waals surface area contributed by atoms with Crippen LogP contribution < -0.4 is 20.5 Å².